The van der Waals surface area contributed by atoms with Crippen LogP contribution < -0.4 is 0 Å². The highest BCUT2D eigenvalue weighted by atomic mass is 14.1. The molecule has 0 heteroatoms. The highest BCUT2D eigenvalue weighted by molar-refractivity contribution is 5.68. The van der Waals surface area contributed by atoms with Crippen molar-refractivity contribution < 1.29 is 0 Å². The van der Waals surface area contributed by atoms with E-state index >= 15 is 0 Å². The lowest BCUT2D eigenvalue weighted by atomic mass is 9.91. The standard InChI is InChI=1S/C21H27/c1-4-5-6-7-11-18-12-10-13-19(16-18)21-15-9-8-14-20(21)17(2)3/h8-10,12,14-17H,4-7,11H2,1-3H3. The van der Waals surface area contributed by atoms with E-state index in [0.29, 0.717) is 5.92 Å². The molecule has 0 N–H and O–H groups in total. The minimum atomic E-state index is 0.544. The van der Waals surface area contributed by atoms with Crippen LogP contribution in [0.1, 0.15) is 63.5 Å². The average molecular weight is 279 g/mol. The first-order valence-corrected chi connectivity index (χ1v) is 8.32. The molecule has 0 nitrogen and oxygen atoms in total. The number of benzene rings is 2. The Morgan fingerprint density at radius 2 is 1.81 bits per heavy atom. The summed E-state index contributed by atoms with van der Waals surface area (Å²) in [4.78, 5) is 0. The van der Waals surface area contributed by atoms with Crippen LogP contribution in [0.4, 0.5) is 0 Å². The van der Waals surface area contributed by atoms with Crippen molar-refractivity contribution in [1.29, 1.82) is 0 Å². The van der Waals surface area contributed by atoms with Gasteiger partial charge in [-0.2, -0.15) is 0 Å². The normalized spacial score (nSPS) is 11.0. The van der Waals surface area contributed by atoms with E-state index in [1.165, 1.54) is 54.4 Å². The van der Waals surface area contributed by atoms with Crippen LogP contribution in [0, 0.1) is 6.07 Å². The third-order valence-corrected chi connectivity index (χ3v) is 4.06. The first-order chi connectivity index (χ1) is 10.2. The van der Waals surface area contributed by atoms with Crippen LogP contribution in [0.25, 0.3) is 11.1 Å². The molecule has 2 aromatic rings. The first-order valence-electron chi connectivity index (χ1n) is 8.32. The summed E-state index contributed by atoms with van der Waals surface area (Å²) in [5.41, 5.74) is 5.44. The van der Waals surface area contributed by atoms with Crippen LogP contribution in [0.3, 0.4) is 0 Å². The monoisotopic (exact) mass is 279 g/mol. The van der Waals surface area contributed by atoms with Gasteiger partial charge in [0.1, 0.15) is 0 Å². The maximum absolute atomic E-state index is 3.42. The molecule has 0 aliphatic rings. The van der Waals surface area contributed by atoms with E-state index in [9.17, 15) is 0 Å². The summed E-state index contributed by atoms with van der Waals surface area (Å²) in [7, 11) is 0. The molecular weight excluding hydrogens is 252 g/mol. The lowest BCUT2D eigenvalue weighted by Crippen LogP contribution is -1.93. The fraction of sp³-hybridized carbons (Fsp3) is 0.429. The number of aryl methyl sites for hydroxylation is 1. The van der Waals surface area contributed by atoms with Gasteiger partial charge in [0, 0.05) is 0 Å². The summed E-state index contributed by atoms with van der Waals surface area (Å²) >= 11 is 0. The predicted octanol–water partition coefficient (Wildman–Crippen LogP) is 6.40. The van der Waals surface area contributed by atoms with Gasteiger partial charge in [0.05, 0.1) is 0 Å². The Kier molecular flexibility index (Phi) is 6.04. The van der Waals surface area contributed by atoms with Gasteiger partial charge in [-0.3, -0.25) is 0 Å². The Hall–Kier alpha value is -1.56. The summed E-state index contributed by atoms with van der Waals surface area (Å²) in [5, 5.41) is 0. The number of rotatable bonds is 7. The second-order valence-corrected chi connectivity index (χ2v) is 6.16. The van der Waals surface area contributed by atoms with Crippen molar-refractivity contribution in [3.63, 3.8) is 0 Å². The smallest absolute Gasteiger partial charge is 0.00989 e. The summed E-state index contributed by atoms with van der Waals surface area (Å²) in [6.45, 7) is 6.78. The van der Waals surface area contributed by atoms with Gasteiger partial charge in [-0.25, -0.2) is 0 Å². The molecule has 0 spiro atoms. The number of unbranched alkanes of at least 4 members (excludes halogenated alkanes) is 3. The molecule has 111 valence electrons. The lowest BCUT2D eigenvalue weighted by Gasteiger charge is -2.13. The van der Waals surface area contributed by atoms with Crippen molar-refractivity contribution >= 4 is 0 Å². The molecule has 0 heterocycles. The van der Waals surface area contributed by atoms with Crippen LogP contribution in [0.15, 0.2) is 42.5 Å². The van der Waals surface area contributed by atoms with Crippen LogP contribution in [0.5, 0.6) is 0 Å². The Morgan fingerprint density at radius 1 is 1.00 bits per heavy atom. The highest BCUT2D eigenvalue weighted by Crippen LogP contribution is 2.29. The molecule has 0 aliphatic carbocycles. The minimum Gasteiger partial charge on any atom is -0.0654 e. The molecule has 0 aromatic heterocycles. The topological polar surface area (TPSA) is 0 Å². The number of hydrogen-bond acceptors (Lipinski definition) is 0. The zero-order valence-corrected chi connectivity index (χ0v) is 13.7. The van der Waals surface area contributed by atoms with Crippen molar-refractivity contribution in [2.24, 2.45) is 0 Å². The van der Waals surface area contributed by atoms with Gasteiger partial charge in [-0.15, -0.1) is 0 Å². The van der Waals surface area contributed by atoms with Crippen molar-refractivity contribution in [2.45, 2.75) is 58.8 Å². The third-order valence-electron chi connectivity index (χ3n) is 4.06. The molecule has 2 aromatic carbocycles. The van der Waals surface area contributed by atoms with E-state index < -0.39 is 0 Å². The quantitative estimate of drug-likeness (QED) is 0.514. The molecule has 0 fully saturated rings. The number of hydrogen-bond donors (Lipinski definition) is 0. The van der Waals surface area contributed by atoms with Crippen LogP contribution >= 0.6 is 0 Å². The fourth-order valence-corrected chi connectivity index (χ4v) is 2.83. The summed E-state index contributed by atoms with van der Waals surface area (Å²) < 4.78 is 0. The van der Waals surface area contributed by atoms with Gasteiger partial charge in [-0.1, -0.05) is 82.5 Å². The summed E-state index contributed by atoms with van der Waals surface area (Å²) in [6, 6.07) is 18.8. The van der Waals surface area contributed by atoms with Gasteiger partial charge < -0.3 is 0 Å². The molecule has 0 amide bonds. The third kappa shape index (κ3) is 4.46. The highest BCUT2D eigenvalue weighted by Gasteiger charge is 2.08. The van der Waals surface area contributed by atoms with E-state index in [-0.39, 0.29) is 0 Å². The van der Waals surface area contributed by atoms with Gasteiger partial charge in [0.25, 0.3) is 0 Å². The Morgan fingerprint density at radius 3 is 2.57 bits per heavy atom. The predicted molar refractivity (Wildman–Crippen MR) is 92.6 cm³/mol. The van der Waals surface area contributed by atoms with E-state index in [4.69, 9.17) is 0 Å². The van der Waals surface area contributed by atoms with E-state index in [1.54, 1.807) is 0 Å². The largest absolute Gasteiger partial charge is 0.0654 e. The minimum absolute atomic E-state index is 0.544. The van der Waals surface area contributed by atoms with E-state index in [1.807, 2.05) is 0 Å². The van der Waals surface area contributed by atoms with Crippen LogP contribution in [-0.4, -0.2) is 0 Å². The van der Waals surface area contributed by atoms with Crippen LogP contribution in [0.2, 0.25) is 0 Å². The molecule has 1 radical (unpaired) electrons. The van der Waals surface area contributed by atoms with E-state index in [0.717, 1.165) is 0 Å². The second kappa shape index (κ2) is 8.02. The second-order valence-electron chi connectivity index (χ2n) is 6.16. The van der Waals surface area contributed by atoms with E-state index in [2.05, 4.69) is 69.3 Å². The van der Waals surface area contributed by atoms with Gasteiger partial charge in [-0.05, 0) is 47.1 Å². The molecule has 0 unspecified atom stereocenters. The lowest BCUT2D eigenvalue weighted by molar-refractivity contribution is 0.667. The Balaban J connectivity index is 2.17. The van der Waals surface area contributed by atoms with Crippen molar-refractivity contribution in [1.82, 2.24) is 0 Å². The van der Waals surface area contributed by atoms with Crippen molar-refractivity contribution in [3.05, 3.63) is 59.7 Å². The molecule has 0 saturated heterocycles. The average Bonchev–Trinajstić information content (AvgIpc) is 2.52. The molecule has 0 bridgehead atoms. The Labute approximate surface area is 130 Å². The molecule has 0 atom stereocenters. The van der Waals surface area contributed by atoms with Crippen molar-refractivity contribution in [2.75, 3.05) is 0 Å². The zero-order chi connectivity index (χ0) is 15.1. The van der Waals surface area contributed by atoms with Crippen molar-refractivity contribution in [3.8, 4) is 11.1 Å². The molecule has 0 aliphatic heterocycles. The summed E-state index contributed by atoms with van der Waals surface area (Å²) in [6.07, 6.45) is 6.47. The maximum atomic E-state index is 3.42. The van der Waals surface area contributed by atoms with Crippen LogP contribution in [-0.2, 0) is 6.42 Å². The summed E-state index contributed by atoms with van der Waals surface area (Å²) in [5.74, 6) is 0.544. The fourth-order valence-electron chi connectivity index (χ4n) is 2.83. The van der Waals surface area contributed by atoms with Gasteiger partial charge in [0.2, 0.25) is 0 Å². The van der Waals surface area contributed by atoms with Gasteiger partial charge in [0.15, 0.2) is 0 Å². The zero-order valence-electron chi connectivity index (χ0n) is 13.7. The molecule has 0 saturated carbocycles. The maximum Gasteiger partial charge on any atom is -0.00989 e. The SMILES string of the molecule is CCCCCCc1cc[c]c(-c2ccccc2C(C)C)c1. The molecule has 2 rings (SSSR count). The van der Waals surface area contributed by atoms with Gasteiger partial charge >= 0.3 is 0 Å². The molecular formula is C21H27. The first kappa shape index (κ1) is 15.8. The molecule has 21 heavy (non-hydrogen) atoms. The Bertz CT molecular complexity index is 551.